The summed E-state index contributed by atoms with van der Waals surface area (Å²) in [7, 11) is 6.75. The van der Waals surface area contributed by atoms with Gasteiger partial charge >= 0.3 is 11.9 Å². The number of likely N-dealkylation sites (N-methyl/N-ethyl adjacent to an activating group) is 1. The summed E-state index contributed by atoms with van der Waals surface area (Å²) in [5.74, 6) is -5.54. The molecule has 0 aliphatic carbocycles. The zero-order valence-electron chi connectivity index (χ0n) is 37.7. The summed E-state index contributed by atoms with van der Waals surface area (Å²) >= 11 is 0. The van der Waals surface area contributed by atoms with Crippen LogP contribution in [0, 0.1) is 23.7 Å². The van der Waals surface area contributed by atoms with Crippen molar-refractivity contribution < 1.29 is 67.6 Å². The van der Waals surface area contributed by atoms with Gasteiger partial charge in [0.05, 0.1) is 59.2 Å². The van der Waals surface area contributed by atoms with Crippen molar-refractivity contribution in [2.45, 2.75) is 166 Å². The van der Waals surface area contributed by atoms with Crippen LogP contribution in [0.3, 0.4) is 0 Å². The third-order valence-electron chi connectivity index (χ3n) is 13.2. The zero-order chi connectivity index (χ0) is 45.1. The van der Waals surface area contributed by atoms with Crippen LogP contribution in [-0.4, -0.2) is 151 Å². The van der Waals surface area contributed by atoms with E-state index in [1.54, 1.807) is 65.0 Å². The Morgan fingerprint density at radius 2 is 1.48 bits per heavy atom. The number of nitrogens with zero attached hydrogens (tertiary/aromatic N) is 1. The highest BCUT2D eigenvalue weighted by Crippen LogP contribution is 2.42. The third-order valence-corrected chi connectivity index (χ3v) is 13.2. The molecule has 1 aromatic carbocycles. The Hall–Kier alpha value is -2.83. The number of aliphatic hydroxyl groups excluding tert-OH is 2. The number of aliphatic hydroxyl groups is 3. The van der Waals surface area contributed by atoms with Crippen molar-refractivity contribution in [2.24, 2.45) is 23.7 Å². The molecule has 340 valence electrons. The Balaban J connectivity index is 1.91. The fourth-order valence-corrected chi connectivity index (χ4v) is 9.21. The van der Waals surface area contributed by atoms with Gasteiger partial charge in [-0.1, -0.05) is 45.5 Å². The summed E-state index contributed by atoms with van der Waals surface area (Å²) < 4.78 is 50.9. The molecule has 3 N–H and O–H groups in total. The van der Waals surface area contributed by atoms with Gasteiger partial charge in [0.25, 0.3) is 0 Å². The molecule has 0 spiro atoms. The van der Waals surface area contributed by atoms with E-state index in [2.05, 4.69) is 6.58 Å². The molecule has 3 aliphatic heterocycles. The van der Waals surface area contributed by atoms with Crippen LogP contribution in [0.5, 0.6) is 0 Å². The minimum absolute atomic E-state index is 0.0474. The Bertz CT molecular complexity index is 1610. The van der Waals surface area contributed by atoms with Crippen molar-refractivity contribution in [2.75, 3.05) is 28.3 Å². The third kappa shape index (κ3) is 10.7. The Labute approximate surface area is 355 Å². The molecule has 0 amide bonds. The summed E-state index contributed by atoms with van der Waals surface area (Å²) in [6.07, 6.45) is -8.61. The number of hydrogen-bond donors (Lipinski definition) is 3. The van der Waals surface area contributed by atoms with E-state index in [9.17, 15) is 29.7 Å². The number of carbonyl (C=O) groups is 3. The molecular formula is C45H71NO14. The second-order valence-corrected chi connectivity index (χ2v) is 18.1. The molecule has 15 nitrogen and oxygen atoms in total. The van der Waals surface area contributed by atoms with Gasteiger partial charge in [-0.2, -0.15) is 0 Å². The van der Waals surface area contributed by atoms with Crippen molar-refractivity contribution in [3.05, 3.63) is 48.6 Å². The van der Waals surface area contributed by atoms with Crippen molar-refractivity contribution in [1.29, 1.82) is 0 Å². The highest BCUT2D eigenvalue weighted by Gasteiger charge is 2.54. The van der Waals surface area contributed by atoms with Crippen molar-refractivity contribution in [1.82, 2.24) is 4.90 Å². The number of esters is 2. The molecule has 3 fully saturated rings. The van der Waals surface area contributed by atoms with E-state index < -0.39 is 108 Å². The topological polar surface area (TPSA) is 189 Å². The molecule has 0 bridgehead atoms. The number of ether oxygens (including phenoxy) is 8. The van der Waals surface area contributed by atoms with Crippen LogP contribution < -0.4 is 0 Å². The summed E-state index contributed by atoms with van der Waals surface area (Å²) in [4.78, 5) is 44.2. The quantitative estimate of drug-likeness (QED) is 0.226. The first-order valence-electron chi connectivity index (χ1n) is 21.1. The molecule has 3 heterocycles. The maximum absolute atomic E-state index is 14.4. The van der Waals surface area contributed by atoms with Gasteiger partial charge in [-0.15, -0.1) is 0 Å². The fraction of sp³-hybridized carbons (Fsp3) is 0.756. The van der Waals surface area contributed by atoms with Crippen LogP contribution in [0.4, 0.5) is 0 Å². The van der Waals surface area contributed by atoms with Gasteiger partial charge in [0.15, 0.2) is 24.8 Å². The highest BCUT2D eigenvalue weighted by molar-refractivity contribution is 5.89. The molecule has 15 heteroatoms. The van der Waals surface area contributed by atoms with Crippen LogP contribution in [-0.2, 0) is 47.5 Å². The van der Waals surface area contributed by atoms with E-state index in [1.165, 1.54) is 34.1 Å². The maximum Gasteiger partial charge on any atom is 0.338 e. The van der Waals surface area contributed by atoms with Gasteiger partial charge in [-0.25, -0.2) is 4.79 Å². The van der Waals surface area contributed by atoms with E-state index in [0.717, 1.165) is 0 Å². The number of benzene rings is 1. The minimum atomic E-state index is -2.11. The maximum atomic E-state index is 14.4. The lowest BCUT2D eigenvalue weighted by atomic mass is 9.74. The zero-order valence-corrected chi connectivity index (χ0v) is 37.7. The van der Waals surface area contributed by atoms with Crippen LogP contribution in [0.15, 0.2) is 43.0 Å². The minimum Gasteiger partial charge on any atom is -0.455 e. The number of carbonyl (C=O) groups excluding carboxylic acids is 3. The monoisotopic (exact) mass is 849 g/mol. The predicted octanol–water partition coefficient (Wildman–Crippen LogP) is 4.08. The molecule has 60 heavy (non-hydrogen) atoms. The molecule has 3 aliphatic rings. The van der Waals surface area contributed by atoms with E-state index in [4.69, 9.17) is 37.9 Å². The van der Waals surface area contributed by atoms with Crippen LogP contribution in [0.25, 0.3) is 0 Å². The highest BCUT2D eigenvalue weighted by atomic mass is 16.7. The van der Waals surface area contributed by atoms with Gasteiger partial charge in [0.2, 0.25) is 0 Å². The molecular weight excluding hydrogens is 778 g/mol. The SMILES string of the molecule is C=C[C@H]1OC(=O)[C@H](C)[C@@H](O[C@H]2C[C@@](C)(OC)[C@@H](O)[C@H](C)O2)[C@H](C)[C@@H](O[C@@H]2O[C@H](C)C[C@H](N(C)C)[C@H]2OC(=O)c2ccccc2)[C@](C)(OC)C[C@@H](C)C(=O)[C@H](C)[C@@H](O)[C@]1(C)O. The Kier molecular flexibility index (Phi) is 16.7. The average Bonchev–Trinajstić information content (AvgIpc) is 3.21. The summed E-state index contributed by atoms with van der Waals surface area (Å²) in [5, 5.41) is 34.2. The first-order valence-corrected chi connectivity index (χ1v) is 21.1. The van der Waals surface area contributed by atoms with Gasteiger partial charge in [0.1, 0.15) is 17.5 Å². The normalized spacial score (nSPS) is 43.8. The molecule has 0 saturated carbocycles. The molecule has 0 unspecified atom stereocenters. The predicted molar refractivity (Wildman–Crippen MR) is 221 cm³/mol. The van der Waals surface area contributed by atoms with Gasteiger partial charge < -0.3 is 58.1 Å². The lowest BCUT2D eigenvalue weighted by molar-refractivity contribution is -0.319. The van der Waals surface area contributed by atoms with Gasteiger partial charge in [-0.3, -0.25) is 9.59 Å². The number of cyclic esters (lactones) is 1. The van der Waals surface area contributed by atoms with Gasteiger partial charge in [-0.05, 0) is 86.7 Å². The number of Topliss-reactive ketones (excluding diaryl/α,β-unsaturated/α-hetero) is 1. The molecule has 3 saturated heterocycles. The van der Waals surface area contributed by atoms with Crippen molar-refractivity contribution in [3.8, 4) is 0 Å². The lowest BCUT2D eigenvalue weighted by Crippen LogP contribution is -2.62. The number of ketones is 1. The standard InChI is InChI=1S/C45H71NO14/c1-15-32-45(10,52)37(48)26(4)34(47)24(2)22-44(9,54-14)39(27(5)35(28(6)40(50)57-32)58-33-23-43(8,53-13)38(49)29(7)56-33)60-42-36(31(46(11)12)21-25(3)55-42)59-41(51)30-19-17-16-18-20-30/h15-20,24-29,31-33,35-39,42,48-49,52H,1,21-23H2,2-14H3/t24-,25-,26+,27+,28-,29+,31+,32-,33+,35+,36-,37-,38+,39-,42+,43-,44-,45-/m1/s1. The largest absolute Gasteiger partial charge is 0.455 e. The molecule has 0 aromatic heterocycles. The smallest absolute Gasteiger partial charge is 0.338 e. The van der Waals surface area contributed by atoms with E-state index in [1.807, 2.05) is 32.8 Å². The molecule has 1 aromatic rings. The van der Waals surface area contributed by atoms with Gasteiger partial charge in [0, 0.05) is 38.4 Å². The van der Waals surface area contributed by atoms with E-state index >= 15 is 0 Å². The Morgan fingerprint density at radius 3 is 2.05 bits per heavy atom. The van der Waals surface area contributed by atoms with E-state index in [-0.39, 0.29) is 30.8 Å². The summed E-state index contributed by atoms with van der Waals surface area (Å²) in [5.41, 5.74) is -4.19. The lowest BCUT2D eigenvalue weighted by Gasteiger charge is -2.50. The number of hydrogen-bond acceptors (Lipinski definition) is 15. The molecule has 18 atom stereocenters. The summed E-state index contributed by atoms with van der Waals surface area (Å²) in [6.45, 7) is 18.9. The van der Waals surface area contributed by atoms with Crippen molar-refractivity contribution >= 4 is 17.7 Å². The molecule has 4 rings (SSSR count). The molecule has 0 radical (unpaired) electrons. The second-order valence-electron chi connectivity index (χ2n) is 18.1. The van der Waals surface area contributed by atoms with Crippen LogP contribution in [0.1, 0.15) is 91.9 Å². The second kappa shape index (κ2) is 20.1. The summed E-state index contributed by atoms with van der Waals surface area (Å²) in [6, 6.07) is 8.26. The first-order chi connectivity index (χ1) is 28.0. The number of rotatable bonds is 10. The fourth-order valence-electron chi connectivity index (χ4n) is 9.21. The van der Waals surface area contributed by atoms with E-state index in [0.29, 0.717) is 12.0 Å². The Morgan fingerprint density at radius 1 is 0.867 bits per heavy atom. The first kappa shape index (κ1) is 49.8. The number of methoxy groups -OCH3 is 2. The van der Waals surface area contributed by atoms with Crippen LogP contribution in [0.2, 0.25) is 0 Å². The van der Waals surface area contributed by atoms with Crippen molar-refractivity contribution in [3.63, 3.8) is 0 Å². The van der Waals surface area contributed by atoms with Crippen LogP contribution >= 0.6 is 0 Å². The average molecular weight is 850 g/mol.